The Kier molecular flexibility index (Phi) is 10.3. The fourth-order valence-electron chi connectivity index (χ4n) is 5.04. The van der Waals surface area contributed by atoms with Gasteiger partial charge in [0.25, 0.3) is 0 Å². The van der Waals surface area contributed by atoms with Crippen molar-refractivity contribution >= 4 is 17.9 Å². The van der Waals surface area contributed by atoms with Gasteiger partial charge < -0.3 is 19.7 Å². The summed E-state index contributed by atoms with van der Waals surface area (Å²) in [7, 11) is 2.03. The number of nitrogens with zero attached hydrogens (tertiary/aromatic N) is 5. The summed E-state index contributed by atoms with van der Waals surface area (Å²) in [6.07, 6.45) is 10.4. The molecular formula is C30H34F2N6O3S. The van der Waals surface area contributed by atoms with E-state index >= 15 is 0 Å². The second-order valence-corrected chi connectivity index (χ2v) is 11.7. The first-order chi connectivity index (χ1) is 20.5. The molecule has 0 atom stereocenters. The standard InChI is InChI=1S/C30H34F2N6O3S/c1-37-14-11-21(12-15-37)34-30(39)40-16-6-10-25-26(31)17-23(18-27(25)32)41-20-28-35-36-29(42-24-8-3-2-4-9-24)38(28)22-7-5-13-33-19-22/h5,7,13,17-19,21,24H,2-4,8-9,11-12,14-16,20H2,1H3,(H,34,39). The summed E-state index contributed by atoms with van der Waals surface area (Å²) in [5.41, 5.74) is 0.357. The van der Waals surface area contributed by atoms with Gasteiger partial charge in [-0.05, 0) is 58.0 Å². The van der Waals surface area contributed by atoms with Gasteiger partial charge in [0.2, 0.25) is 0 Å². The van der Waals surface area contributed by atoms with Crippen molar-refractivity contribution in [1.29, 1.82) is 0 Å². The van der Waals surface area contributed by atoms with Crippen LogP contribution in [-0.4, -0.2) is 68.8 Å². The zero-order valence-corrected chi connectivity index (χ0v) is 24.3. The highest BCUT2D eigenvalue weighted by molar-refractivity contribution is 7.99. The van der Waals surface area contributed by atoms with Gasteiger partial charge in [-0.2, -0.15) is 0 Å². The Labute approximate surface area is 248 Å². The fraction of sp³-hybridized carbons (Fsp3) is 0.467. The van der Waals surface area contributed by atoms with E-state index in [1.54, 1.807) is 24.2 Å². The van der Waals surface area contributed by atoms with Crippen molar-refractivity contribution in [1.82, 2.24) is 30.0 Å². The molecular weight excluding hydrogens is 562 g/mol. The van der Waals surface area contributed by atoms with E-state index in [0.29, 0.717) is 11.1 Å². The summed E-state index contributed by atoms with van der Waals surface area (Å²) in [6, 6.07) is 5.92. The van der Waals surface area contributed by atoms with Crippen LogP contribution in [0.3, 0.4) is 0 Å². The topological polar surface area (TPSA) is 94.4 Å². The van der Waals surface area contributed by atoms with Gasteiger partial charge >= 0.3 is 6.09 Å². The van der Waals surface area contributed by atoms with Gasteiger partial charge in [0, 0.05) is 29.6 Å². The maximum absolute atomic E-state index is 14.8. The van der Waals surface area contributed by atoms with E-state index < -0.39 is 23.3 Å². The van der Waals surface area contributed by atoms with Crippen LogP contribution in [0.15, 0.2) is 41.8 Å². The summed E-state index contributed by atoms with van der Waals surface area (Å²) in [5, 5.41) is 12.7. The molecule has 222 valence electrons. The van der Waals surface area contributed by atoms with Gasteiger partial charge in [0.05, 0.1) is 17.4 Å². The monoisotopic (exact) mass is 596 g/mol. The number of aromatic nitrogens is 4. The third kappa shape index (κ3) is 7.98. The van der Waals surface area contributed by atoms with Gasteiger partial charge in [-0.3, -0.25) is 9.55 Å². The number of alkyl carbamates (subject to hydrolysis) is 1. The largest absolute Gasteiger partial charge is 0.485 e. The Morgan fingerprint density at radius 3 is 2.60 bits per heavy atom. The lowest BCUT2D eigenvalue weighted by Gasteiger charge is -2.28. The third-order valence-corrected chi connectivity index (χ3v) is 8.62. The quantitative estimate of drug-likeness (QED) is 0.359. The van der Waals surface area contributed by atoms with E-state index in [0.717, 1.165) is 61.7 Å². The van der Waals surface area contributed by atoms with Gasteiger partial charge in [-0.1, -0.05) is 42.9 Å². The zero-order valence-electron chi connectivity index (χ0n) is 23.5. The van der Waals surface area contributed by atoms with Crippen LogP contribution in [0, 0.1) is 23.5 Å². The average molecular weight is 597 g/mol. The Morgan fingerprint density at radius 2 is 1.88 bits per heavy atom. The molecule has 2 fully saturated rings. The van der Waals surface area contributed by atoms with Crippen LogP contribution in [0.5, 0.6) is 5.75 Å². The van der Waals surface area contributed by atoms with E-state index in [-0.39, 0.29) is 25.0 Å². The summed E-state index contributed by atoms with van der Waals surface area (Å²) in [6.45, 7) is 1.44. The molecule has 1 aliphatic heterocycles. The summed E-state index contributed by atoms with van der Waals surface area (Å²) < 4.78 is 42.2. The first-order valence-electron chi connectivity index (χ1n) is 14.2. The minimum absolute atomic E-state index is 0.00785. The number of hydrogen-bond acceptors (Lipinski definition) is 8. The molecule has 12 heteroatoms. The molecule has 1 aliphatic carbocycles. The van der Waals surface area contributed by atoms with Crippen molar-refractivity contribution < 1.29 is 23.0 Å². The maximum Gasteiger partial charge on any atom is 0.408 e. The van der Waals surface area contributed by atoms with Crippen LogP contribution in [0.25, 0.3) is 5.69 Å². The molecule has 2 aromatic heterocycles. The number of benzene rings is 1. The number of rotatable bonds is 8. The SMILES string of the molecule is CN1CCC(NC(=O)OCC#Cc2c(F)cc(OCc3nnc(SC4CCCCC4)n3-c3cccnc3)cc2F)CC1. The number of pyridine rings is 1. The summed E-state index contributed by atoms with van der Waals surface area (Å²) in [4.78, 5) is 18.4. The van der Waals surface area contributed by atoms with E-state index in [4.69, 9.17) is 9.47 Å². The number of piperidine rings is 1. The highest BCUT2D eigenvalue weighted by atomic mass is 32.2. The molecule has 3 heterocycles. The van der Waals surface area contributed by atoms with E-state index in [2.05, 4.69) is 37.2 Å². The molecule has 1 saturated heterocycles. The van der Waals surface area contributed by atoms with Crippen LogP contribution in [0.2, 0.25) is 0 Å². The minimum Gasteiger partial charge on any atom is -0.485 e. The number of likely N-dealkylation sites (tertiary alicyclic amines) is 1. The van der Waals surface area contributed by atoms with Crippen molar-refractivity contribution in [2.75, 3.05) is 26.7 Å². The lowest BCUT2D eigenvalue weighted by Crippen LogP contribution is -2.43. The molecule has 1 N–H and O–H groups in total. The Bertz CT molecular complexity index is 1390. The van der Waals surface area contributed by atoms with E-state index in [9.17, 15) is 13.6 Å². The number of halogens is 2. The maximum atomic E-state index is 14.8. The lowest BCUT2D eigenvalue weighted by atomic mass is 10.0. The molecule has 1 aromatic carbocycles. The smallest absolute Gasteiger partial charge is 0.408 e. The summed E-state index contributed by atoms with van der Waals surface area (Å²) >= 11 is 1.69. The molecule has 5 rings (SSSR count). The highest BCUT2D eigenvalue weighted by Crippen LogP contribution is 2.34. The van der Waals surface area contributed by atoms with Crippen molar-refractivity contribution in [2.45, 2.75) is 68.0 Å². The van der Waals surface area contributed by atoms with Crippen molar-refractivity contribution in [3.05, 3.63) is 59.7 Å². The number of hydrogen-bond donors (Lipinski definition) is 1. The number of thioether (sulfide) groups is 1. The number of nitrogens with one attached hydrogen (secondary N) is 1. The van der Waals surface area contributed by atoms with Gasteiger partial charge in [-0.25, -0.2) is 13.6 Å². The van der Waals surface area contributed by atoms with Crippen LogP contribution in [0.4, 0.5) is 13.6 Å². The lowest BCUT2D eigenvalue weighted by molar-refractivity contribution is 0.147. The molecule has 9 nitrogen and oxygen atoms in total. The second-order valence-electron chi connectivity index (χ2n) is 10.5. The normalized spacial score (nSPS) is 16.5. The van der Waals surface area contributed by atoms with Crippen LogP contribution >= 0.6 is 11.8 Å². The van der Waals surface area contributed by atoms with Gasteiger partial charge in [0.15, 0.2) is 17.6 Å². The molecule has 2 aliphatic rings. The number of carbonyl (C=O) groups is 1. The third-order valence-electron chi connectivity index (χ3n) is 7.34. The van der Waals surface area contributed by atoms with Crippen LogP contribution < -0.4 is 10.1 Å². The molecule has 0 spiro atoms. The average Bonchev–Trinajstić information content (AvgIpc) is 3.39. The predicted molar refractivity (Wildman–Crippen MR) is 154 cm³/mol. The second kappa shape index (κ2) is 14.5. The molecule has 0 radical (unpaired) electrons. The predicted octanol–water partition coefficient (Wildman–Crippen LogP) is 5.12. The van der Waals surface area contributed by atoms with Crippen molar-refractivity contribution in [3.8, 4) is 23.3 Å². The first kappa shape index (κ1) is 29.8. The van der Waals surface area contributed by atoms with Gasteiger partial charge in [-0.15, -0.1) is 10.2 Å². The molecule has 3 aromatic rings. The molecule has 0 bridgehead atoms. The Hall–Kier alpha value is -3.69. The molecule has 1 amide bonds. The Balaban J connectivity index is 1.20. The van der Waals surface area contributed by atoms with Crippen LogP contribution in [-0.2, 0) is 11.3 Å². The van der Waals surface area contributed by atoms with Crippen LogP contribution in [0.1, 0.15) is 56.3 Å². The first-order valence-corrected chi connectivity index (χ1v) is 15.1. The molecule has 0 unspecified atom stereocenters. The molecule has 1 saturated carbocycles. The molecule has 42 heavy (non-hydrogen) atoms. The van der Waals surface area contributed by atoms with Crippen molar-refractivity contribution in [3.63, 3.8) is 0 Å². The minimum atomic E-state index is -0.879. The van der Waals surface area contributed by atoms with E-state index in [1.165, 1.54) is 19.3 Å². The highest BCUT2D eigenvalue weighted by Gasteiger charge is 2.22. The summed E-state index contributed by atoms with van der Waals surface area (Å²) in [5.74, 6) is 3.64. The fourth-order valence-corrected chi connectivity index (χ4v) is 6.31. The number of amides is 1. The van der Waals surface area contributed by atoms with Gasteiger partial charge in [0.1, 0.15) is 24.0 Å². The number of carbonyl (C=O) groups excluding carboxylic acids is 1. The Morgan fingerprint density at radius 1 is 1.12 bits per heavy atom. The zero-order chi connectivity index (χ0) is 29.3. The number of ether oxygens (including phenoxy) is 2. The van der Waals surface area contributed by atoms with E-state index in [1.807, 2.05) is 23.7 Å². The van der Waals surface area contributed by atoms with Crippen molar-refractivity contribution in [2.24, 2.45) is 0 Å².